The van der Waals surface area contributed by atoms with Crippen molar-refractivity contribution in [3.05, 3.63) is 4.91 Å². The number of nitrogens with one attached hydrogen (secondary N) is 1. The highest BCUT2D eigenvalue weighted by Crippen LogP contribution is 2.37. The van der Waals surface area contributed by atoms with Crippen molar-refractivity contribution in [3.8, 4) is 0 Å². The lowest BCUT2D eigenvalue weighted by Crippen LogP contribution is -2.46. The predicted molar refractivity (Wildman–Crippen MR) is 77.0 cm³/mol. The van der Waals surface area contributed by atoms with Gasteiger partial charge in [-0.25, -0.2) is 4.79 Å². The second-order valence-electron chi connectivity index (χ2n) is 6.27. The Labute approximate surface area is 120 Å². The molecule has 5 nitrogen and oxygen atoms in total. The summed E-state index contributed by atoms with van der Waals surface area (Å²) in [5, 5.41) is 6.44. The van der Waals surface area contributed by atoms with Crippen LogP contribution in [0.5, 0.6) is 0 Å². The maximum atomic E-state index is 11.9. The summed E-state index contributed by atoms with van der Waals surface area (Å²) >= 11 is 5.52. The van der Waals surface area contributed by atoms with Crippen LogP contribution in [0, 0.1) is 16.2 Å². The summed E-state index contributed by atoms with van der Waals surface area (Å²) in [6, 6.07) is -0.305. The van der Waals surface area contributed by atoms with Crippen LogP contribution in [0.2, 0.25) is 0 Å². The van der Waals surface area contributed by atoms with Crippen LogP contribution in [0.15, 0.2) is 5.29 Å². The van der Waals surface area contributed by atoms with E-state index in [-0.39, 0.29) is 23.9 Å². The number of nitroso groups, excluding NO2 is 1. The van der Waals surface area contributed by atoms with Crippen molar-refractivity contribution < 1.29 is 4.79 Å². The normalized spacial score (nSPS) is 23.8. The van der Waals surface area contributed by atoms with Crippen LogP contribution in [-0.2, 0) is 0 Å². The summed E-state index contributed by atoms with van der Waals surface area (Å²) in [6.07, 6.45) is 4.23. The fraction of sp³-hybridized carbons (Fsp3) is 0.923. The minimum Gasteiger partial charge on any atom is -0.334 e. The van der Waals surface area contributed by atoms with Crippen molar-refractivity contribution in [1.29, 1.82) is 0 Å². The van der Waals surface area contributed by atoms with E-state index in [9.17, 15) is 9.70 Å². The molecule has 0 saturated heterocycles. The maximum Gasteiger partial charge on any atom is 0.340 e. The molecule has 110 valence electrons. The first kappa shape index (κ1) is 16.2. The van der Waals surface area contributed by atoms with Gasteiger partial charge in [-0.2, -0.15) is 5.01 Å². The highest BCUT2D eigenvalue weighted by molar-refractivity contribution is 6.18. The number of amides is 2. The van der Waals surface area contributed by atoms with Crippen molar-refractivity contribution in [3.63, 3.8) is 0 Å². The van der Waals surface area contributed by atoms with E-state index in [2.05, 4.69) is 31.4 Å². The molecule has 0 heterocycles. The van der Waals surface area contributed by atoms with E-state index in [1.165, 1.54) is 6.42 Å². The molecule has 19 heavy (non-hydrogen) atoms. The van der Waals surface area contributed by atoms with Crippen molar-refractivity contribution >= 4 is 17.6 Å². The first-order valence-corrected chi connectivity index (χ1v) is 7.39. The molecule has 1 rings (SSSR count). The van der Waals surface area contributed by atoms with Gasteiger partial charge in [-0.15, -0.1) is 16.5 Å². The summed E-state index contributed by atoms with van der Waals surface area (Å²) in [4.78, 5) is 22.4. The summed E-state index contributed by atoms with van der Waals surface area (Å²) in [5.74, 6) is 0.797. The number of halogens is 1. The Hall–Kier alpha value is -0.840. The van der Waals surface area contributed by atoms with Crippen molar-refractivity contribution in [2.75, 3.05) is 12.4 Å². The number of carbonyl (C=O) groups is 1. The van der Waals surface area contributed by atoms with E-state index < -0.39 is 6.03 Å². The van der Waals surface area contributed by atoms with Gasteiger partial charge in [0.15, 0.2) is 0 Å². The molecule has 1 aliphatic carbocycles. The monoisotopic (exact) mass is 289 g/mol. The van der Waals surface area contributed by atoms with Gasteiger partial charge in [0.1, 0.15) is 0 Å². The number of urea groups is 1. The molecule has 0 bridgehead atoms. The molecule has 0 unspecified atom stereocenters. The van der Waals surface area contributed by atoms with Crippen LogP contribution >= 0.6 is 11.6 Å². The molecule has 0 aromatic heterocycles. The van der Waals surface area contributed by atoms with Gasteiger partial charge in [-0.05, 0) is 30.6 Å². The second-order valence-corrected chi connectivity index (χ2v) is 6.65. The van der Waals surface area contributed by atoms with Gasteiger partial charge < -0.3 is 5.32 Å². The third-order valence-corrected chi connectivity index (χ3v) is 4.02. The van der Waals surface area contributed by atoms with Gasteiger partial charge in [0.2, 0.25) is 0 Å². The highest BCUT2D eigenvalue weighted by Gasteiger charge is 2.31. The first-order valence-electron chi connectivity index (χ1n) is 6.85. The Balaban J connectivity index is 2.52. The molecule has 1 saturated carbocycles. The number of hydrogen-bond donors (Lipinski definition) is 1. The van der Waals surface area contributed by atoms with Crippen LogP contribution in [0.4, 0.5) is 4.79 Å². The minimum absolute atomic E-state index is 0.130. The molecule has 1 N–H and O–H groups in total. The fourth-order valence-electron chi connectivity index (χ4n) is 2.62. The van der Waals surface area contributed by atoms with Gasteiger partial charge >= 0.3 is 6.03 Å². The van der Waals surface area contributed by atoms with Crippen LogP contribution in [0.3, 0.4) is 0 Å². The van der Waals surface area contributed by atoms with Gasteiger partial charge in [-0.3, -0.25) is 0 Å². The Morgan fingerprint density at radius 3 is 2.63 bits per heavy atom. The van der Waals surface area contributed by atoms with Gasteiger partial charge in [0.25, 0.3) is 0 Å². The zero-order valence-corrected chi connectivity index (χ0v) is 12.7. The molecule has 0 radical (unpaired) electrons. The average Bonchev–Trinajstić information content (AvgIpc) is 2.35. The Morgan fingerprint density at radius 2 is 2.11 bits per heavy atom. The lowest BCUT2D eigenvalue weighted by atomic mass is 9.71. The molecular formula is C13H24ClN3O2. The van der Waals surface area contributed by atoms with E-state index in [4.69, 9.17) is 11.6 Å². The van der Waals surface area contributed by atoms with E-state index in [0.29, 0.717) is 5.92 Å². The van der Waals surface area contributed by atoms with Crippen molar-refractivity contribution in [2.24, 2.45) is 16.6 Å². The number of nitrogens with zero attached hydrogens (tertiary/aromatic N) is 2. The van der Waals surface area contributed by atoms with Gasteiger partial charge in [0, 0.05) is 11.9 Å². The van der Waals surface area contributed by atoms with E-state index in [1.54, 1.807) is 0 Å². The van der Waals surface area contributed by atoms with E-state index in [0.717, 1.165) is 24.3 Å². The average molecular weight is 290 g/mol. The molecule has 1 aliphatic rings. The van der Waals surface area contributed by atoms with Crippen LogP contribution in [0.1, 0.15) is 46.5 Å². The van der Waals surface area contributed by atoms with Crippen molar-refractivity contribution in [2.45, 2.75) is 52.5 Å². The Bertz CT molecular complexity index is 318. The molecule has 0 spiro atoms. The first-order chi connectivity index (χ1) is 8.88. The number of hydrogen-bond acceptors (Lipinski definition) is 3. The highest BCUT2D eigenvalue weighted by atomic mass is 35.5. The standard InChI is InChI=1S/C13H24ClN3O2/c1-13(2,3)10-5-4-6-11(9-10)15-12(18)17(16-19)8-7-14/h10-11H,4-9H2,1-3H3,(H,15,18)/t10-,11-/m0/s1. The summed E-state index contributed by atoms with van der Waals surface area (Å²) in [7, 11) is 0. The quantitative estimate of drug-likeness (QED) is 0.489. The SMILES string of the molecule is CC(C)(C)[C@H]1CCC[C@H](NC(=O)N(CCCl)N=O)C1. The Morgan fingerprint density at radius 1 is 1.42 bits per heavy atom. The molecule has 2 atom stereocenters. The fourth-order valence-corrected chi connectivity index (χ4v) is 2.78. The topological polar surface area (TPSA) is 61.8 Å². The lowest BCUT2D eigenvalue weighted by molar-refractivity contribution is 0.147. The molecule has 0 aromatic carbocycles. The Kier molecular flexibility index (Phi) is 6.04. The zero-order chi connectivity index (χ0) is 14.5. The molecule has 1 fully saturated rings. The van der Waals surface area contributed by atoms with E-state index >= 15 is 0 Å². The molecule has 0 aromatic rings. The minimum atomic E-state index is -0.435. The van der Waals surface area contributed by atoms with Crippen molar-refractivity contribution in [1.82, 2.24) is 10.3 Å². The van der Waals surface area contributed by atoms with Gasteiger partial charge in [0.05, 0.1) is 11.8 Å². The predicted octanol–water partition coefficient (Wildman–Crippen LogP) is 3.52. The number of carbonyl (C=O) groups excluding carboxylic acids is 1. The lowest BCUT2D eigenvalue weighted by Gasteiger charge is -2.38. The molecule has 0 aliphatic heterocycles. The molecule has 6 heteroatoms. The van der Waals surface area contributed by atoms with Crippen LogP contribution < -0.4 is 5.32 Å². The van der Waals surface area contributed by atoms with Crippen LogP contribution in [0.25, 0.3) is 0 Å². The third kappa shape index (κ3) is 4.97. The summed E-state index contributed by atoms with van der Waals surface area (Å²) in [6.45, 7) is 6.84. The second kappa shape index (κ2) is 7.08. The maximum absolute atomic E-state index is 11.9. The summed E-state index contributed by atoms with van der Waals surface area (Å²) < 4.78 is 0. The largest absolute Gasteiger partial charge is 0.340 e. The molecule has 2 amide bonds. The molecular weight excluding hydrogens is 266 g/mol. The van der Waals surface area contributed by atoms with E-state index in [1.807, 2.05) is 0 Å². The number of rotatable bonds is 4. The van der Waals surface area contributed by atoms with Gasteiger partial charge in [-0.1, -0.05) is 27.2 Å². The smallest absolute Gasteiger partial charge is 0.334 e. The third-order valence-electron chi connectivity index (χ3n) is 3.86. The van der Waals surface area contributed by atoms with Crippen LogP contribution in [-0.4, -0.2) is 29.5 Å². The number of alkyl halides is 1. The zero-order valence-electron chi connectivity index (χ0n) is 12.0. The summed E-state index contributed by atoms with van der Waals surface area (Å²) in [5.41, 5.74) is 0.252.